The van der Waals surface area contributed by atoms with Gasteiger partial charge in [0.2, 0.25) is 5.75 Å². The van der Waals surface area contributed by atoms with Crippen LogP contribution in [0.15, 0.2) is 36.4 Å². The van der Waals surface area contributed by atoms with Crippen LogP contribution >= 0.6 is 0 Å². The number of ketones is 1. The molecule has 3 rings (SSSR count). The van der Waals surface area contributed by atoms with Crippen LogP contribution in [0.2, 0.25) is 0 Å². The summed E-state index contributed by atoms with van der Waals surface area (Å²) in [6.45, 7) is 4.31. The fraction of sp³-hybridized carbons (Fsp3) is 0.300. The van der Waals surface area contributed by atoms with Crippen LogP contribution in [0.3, 0.4) is 0 Å². The van der Waals surface area contributed by atoms with Gasteiger partial charge in [0.15, 0.2) is 5.78 Å². The fourth-order valence-electron chi connectivity index (χ4n) is 3.19. The zero-order valence-electron chi connectivity index (χ0n) is 15.9. The van der Waals surface area contributed by atoms with Gasteiger partial charge in [-0.15, -0.1) is 0 Å². The molecule has 1 heterocycles. The predicted octanol–water partition coefficient (Wildman–Crippen LogP) is 2.94. The Hall–Kier alpha value is -3.33. The second-order valence-corrected chi connectivity index (χ2v) is 7.34. The van der Waals surface area contributed by atoms with E-state index >= 15 is 0 Å². The summed E-state index contributed by atoms with van der Waals surface area (Å²) in [4.78, 5) is 35.4. The number of aliphatic hydroxyl groups is 1. The molecular weight excluding hydrogens is 383 g/mol. The Morgan fingerprint density at radius 2 is 1.83 bits per heavy atom. The van der Waals surface area contributed by atoms with E-state index in [0.717, 1.165) is 18.2 Å². The smallest absolute Gasteiger partial charge is 0.312 e. The average molecular weight is 402 g/mol. The van der Waals surface area contributed by atoms with Crippen LogP contribution < -0.4 is 10.1 Å². The lowest BCUT2D eigenvalue weighted by Gasteiger charge is -2.42. The van der Waals surface area contributed by atoms with Crippen LogP contribution in [-0.2, 0) is 0 Å². The second-order valence-electron chi connectivity index (χ2n) is 7.34. The third kappa shape index (κ3) is 3.81. The molecule has 1 aliphatic heterocycles. The van der Waals surface area contributed by atoms with Crippen molar-refractivity contribution in [1.82, 2.24) is 5.32 Å². The van der Waals surface area contributed by atoms with Crippen LogP contribution in [0.5, 0.6) is 5.75 Å². The van der Waals surface area contributed by atoms with E-state index in [1.807, 2.05) is 0 Å². The van der Waals surface area contributed by atoms with Gasteiger partial charge in [-0.25, -0.2) is 4.39 Å². The number of benzene rings is 2. The van der Waals surface area contributed by atoms with Gasteiger partial charge in [-0.1, -0.05) is 0 Å². The highest BCUT2D eigenvalue weighted by molar-refractivity contribution is 5.96. The summed E-state index contributed by atoms with van der Waals surface area (Å²) in [6, 6.07) is 6.15. The molecule has 0 saturated carbocycles. The summed E-state index contributed by atoms with van der Waals surface area (Å²) in [7, 11) is 0. The van der Waals surface area contributed by atoms with E-state index in [-0.39, 0.29) is 22.4 Å². The van der Waals surface area contributed by atoms with E-state index < -0.39 is 45.9 Å². The number of hydrogen-bond donors (Lipinski definition) is 2. The van der Waals surface area contributed by atoms with E-state index in [9.17, 15) is 29.2 Å². The van der Waals surface area contributed by atoms with Gasteiger partial charge in [0.1, 0.15) is 17.5 Å². The number of ether oxygens (including phenoxy) is 1. The summed E-state index contributed by atoms with van der Waals surface area (Å²) < 4.78 is 18.8. The predicted molar refractivity (Wildman–Crippen MR) is 100 cm³/mol. The molecule has 2 aromatic rings. The second kappa shape index (κ2) is 7.25. The van der Waals surface area contributed by atoms with Gasteiger partial charge in [-0.2, -0.15) is 0 Å². The van der Waals surface area contributed by atoms with E-state index in [1.165, 1.54) is 39.0 Å². The molecule has 9 heteroatoms. The number of halogens is 1. The van der Waals surface area contributed by atoms with E-state index in [2.05, 4.69) is 5.32 Å². The molecule has 0 saturated heterocycles. The van der Waals surface area contributed by atoms with E-state index in [4.69, 9.17) is 4.74 Å². The maximum absolute atomic E-state index is 13.1. The van der Waals surface area contributed by atoms with Gasteiger partial charge in [-0.3, -0.25) is 19.7 Å². The zero-order chi connectivity index (χ0) is 21.5. The first kappa shape index (κ1) is 20.4. The number of carbonyl (C=O) groups is 2. The van der Waals surface area contributed by atoms with Crippen molar-refractivity contribution in [3.8, 4) is 5.75 Å². The van der Waals surface area contributed by atoms with Crippen molar-refractivity contribution < 1.29 is 28.7 Å². The largest absolute Gasteiger partial charge is 0.478 e. The Labute approximate surface area is 165 Å². The number of nitro benzene ring substituents is 1. The highest BCUT2D eigenvalue weighted by Gasteiger charge is 2.46. The lowest BCUT2D eigenvalue weighted by Crippen LogP contribution is -2.53. The van der Waals surface area contributed by atoms with Crippen molar-refractivity contribution in [2.75, 3.05) is 0 Å². The van der Waals surface area contributed by atoms with E-state index in [1.54, 1.807) is 0 Å². The van der Waals surface area contributed by atoms with Gasteiger partial charge >= 0.3 is 5.69 Å². The number of nitrogens with zero attached hydrogens (tertiary/aromatic N) is 1. The molecule has 0 aromatic heterocycles. The Kier molecular flexibility index (Phi) is 5.10. The summed E-state index contributed by atoms with van der Waals surface area (Å²) in [5.41, 5.74) is -1.40. The lowest BCUT2D eigenvalue weighted by molar-refractivity contribution is -0.386. The molecule has 8 nitrogen and oxygen atoms in total. The highest BCUT2D eigenvalue weighted by Crippen LogP contribution is 2.45. The molecule has 0 unspecified atom stereocenters. The molecule has 1 amide bonds. The molecule has 29 heavy (non-hydrogen) atoms. The number of carbonyl (C=O) groups excluding carboxylic acids is 2. The van der Waals surface area contributed by atoms with Crippen molar-refractivity contribution in [2.24, 2.45) is 0 Å². The molecule has 0 spiro atoms. The number of nitrogens with one attached hydrogen (secondary N) is 1. The molecule has 0 fully saturated rings. The molecule has 2 aromatic carbocycles. The van der Waals surface area contributed by atoms with Crippen LogP contribution in [-0.4, -0.2) is 33.4 Å². The molecular formula is C20H19FN2O6. The molecule has 0 radical (unpaired) electrons. The number of nitro groups is 1. The molecule has 1 aliphatic rings. The quantitative estimate of drug-likeness (QED) is 0.461. The Balaban J connectivity index is 2.12. The lowest BCUT2D eigenvalue weighted by atomic mass is 9.85. The first-order chi connectivity index (χ1) is 13.5. The first-order valence-electron chi connectivity index (χ1n) is 8.78. The Morgan fingerprint density at radius 1 is 1.21 bits per heavy atom. The first-order valence-corrected chi connectivity index (χ1v) is 8.78. The fourth-order valence-corrected chi connectivity index (χ4v) is 3.19. The number of Topliss-reactive ketones (excluding diaryl/α,β-unsaturated/α-hetero) is 1. The normalized spacial score (nSPS) is 19.6. The number of amides is 1. The Bertz CT molecular complexity index is 1000. The summed E-state index contributed by atoms with van der Waals surface area (Å²) in [5.74, 6) is -1.67. The van der Waals surface area contributed by atoms with Gasteiger partial charge in [0.25, 0.3) is 5.91 Å². The summed E-state index contributed by atoms with van der Waals surface area (Å²) >= 11 is 0. The van der Waals surface area contributed by atoms with Crippen LogP contribution in [0.25, 0.3) is 0 Å². The van der Waals surface area contributed by atoms with Gasteiger partial charge < -0.3 is 15.2 Å². The molecule has 2 N–H and O–H groups in total. The Morgan fingerprint density at radius 3 is 2.38 bits per heavy atom. The molecule has 0 bridgehead atoms. The maximum atomic E-state index is 13.1. The zero-order valence-corrected chi connectivity index (χ0v) is 15.9. The SMILES string of the molecule is CC(=O)c1cc2c(c([N+](=O)[O-])c1)OC(C)(C)[C@@H](O)[C@@H]2NC(=O)c1ccc(F)cc1. The maximum Gasteiger partial charge on any atom is 0.312 e. The van der Waals surface area contributed by atoms with Crippen molar-refractivity contribution in [2.45, 2.75) is 38.5 Å². The highest BCUT2D eigenvalue weighted by atomic mass is 19.1. The van der Waals surface area contributed by atoms with Crippen molar-refractivity contribution >= 4 is 17.4 Å². The summed E-state index contributed by atoms with van der Waals surface area (Å²) in [6.07, 6.45) is -1.28. The van der Waals surface area contributed by atoms with Crippen molar-refractivity contribution in [1.29, 1.82) is 0 Å². The number of rotatable bonds is 4. The third-order valence-electron chi connectivity index (χ3n) is 4.82. The number of hydrogen-bond acceptors (Lipinski definition) is 6. The standard InChI is InChI=1S/C20H19FN2O6/c1-10(24)12-8-14-16(22-19(26)11-4-6-13(21)7-5-11)18(25)20(2,3)29-17(14)15(9-12)23(27)28/h4-9,16,18,25H,1-3H3,(H,22,26)/t16-,18+/m1/s1. The number of aliphatic hydroxyl groups excluding tert-OH is 1. The van der Waals surface area contributed by atoms with Crippen molar-refractivity contribution in [3.05, 3.63) is 69.0 Å². The minimum Gasteiger partial charge on any atom is -0.478 e. The number of fused-ring (bicyclic) bond motifs is 1. The van der Waals surface area contributed by atoms with Gasteiger partial charge in [0.05, 0.1) is 11.0 Å². The monoisotopic (exact) mass is 402 g/mol. The van der Waals surface area contributed by atoms with Gasteiger partial charge in [0, 0.05) is 22.8 Å². The minimum absolute atomic E-state index is 0.0481. The van der Waals surface area contributed by atoms with Crippen LogP contribution in [0.1, 0.15) is 53.1 Å². The van der Waals surface area contributed by atoms with Crippen LogP contribution in [0.4, 0.5) is 10.1 Å². The average Bonchev–Trinajstić information content (AvgIpc) is 2.64. The van der Waals surface area contributed by atoms with Gasteiger partial charge in [-0.05, 0) is 51.1 Å². The van der Waals surface area contributed by atoms with Crippen molar-refractivity contribution in [3.63, 3.8) is 0 Å². The third-order valence-corrected chi connectivity index (χ3v) is 4.82. The molecule has 2 atom stereocenters. The molecule has 152 valence electrons. The van der Waals surface area contributed by atoms with Crippen LogP contribution in [0, 0.1) is 15.9 Å². The summed E-state index contributed by atoms with van der Waals surface area (Å²) in [5, 5.41) is 25.0. The topological polar surface area (TPSA) is 119 Å². The molecule has 0 aliphatic carbocycles. The van der Waals surface area contributed by atoms with E-state index in [0.29, 0.717) is 0 Å². The minimum atomic E-state index is -1.28.